The van der Waals surface area contributed by atoms with E-state index in [2.05, 4.69) is 4.99 Å². The molecule has 2 bridgehead atoms. The van der Waals surface area contributed by atoms with Gasteiger partial charge in [0.1, 0.15) is 11.9 Å². The van der Waals surface area contributed by atoms with Crippen molar-refractivity contribution in [3.05, 3.63) is 12.3 Å². The van der Waals surface area contributed by atoms with Crippen molar-refractivity contribution >= 4 is 5.84 Å². The number of hydrogen-bond acceptors (Lipinski definition) is 7. The van der Waals surface area contributed by atoms with Crippen LogP contribution in [-0.2, 0) is 9.47 Å². The second kappa shape index (κ2) is 2.81. The van der Waals surface area contributed by atoms with Gasteiger partial charge in [-0.1, -0.05) is 0 Å². The zero-order chi connectivity index (χ0) is 11.8. The van der Waals surface area contributed by atoms with E-state index in [1.807, 2.05) is 0 Å². The highest BCUT2D eigenvalue weighted by Gasteiger charge is 2.80. The maximum atomic E-state index is 10.1. The first-order chi connectivity index (χ1) is 8.17. The highest BCUT2D eigenvalue weighted by Crippen LogP contribution is 2.65. The van der Waals surface area contributed by atoms with Crippen molar-refractivity contribution in [3.8, 4) is 0 Å². The summed E-state index contributed by atoms with van der Waals surface area (Å²) in [4.78, 5) is 5.86. The fraction of sp³-hybridized carbons (Fsp3) is 0.700. The van der Waals surface area contributed by atoms with Gasteiger partial charge in [0.15, 0.2) is 12.0 Å². The summed E-state index contributed by atoms with van der Waals surface area (Å²) in [6.45, 7) is -0.0593. The molecule has 6 atom stereocenters. The number of fused-ring (bicyclic) bond motifs is 3. The molecule has 4 rings (SSSR count). The van der Waals surface area contributed by atoms with Crippen LogP contribution >= 0.6 is 0 Å². The Balaban J connectivity index is 1.71. The average Bonchev–Trinajstić information content (AvgIpc) is 2.85. The molecule has 92 valence electrons. The topological polar surface area (TPSA) is 101 Å². The predicted molar refractivity (Wildman–Crippen MR) is 55.2 cm³/mol. The maximum Gasteiger partial charge on any atom is 0.234 e. The molecule has 0 aromatic rings. The second-order valence-electron chi connectivity index (χ2n) is 4.80. The minimum atomic E-state index is -0.866. The molecule has 2 saturated heterocycles. The summed E-state index contributed by atoms with van der Waals surface area (Å²) in [6, 6.07) is 0. The van der Waals surface area contributed by atoms with E-state index in [1.54, 1.807) is 17.2 Å². The van der Waals surface area contributed by atoms with Gasteiger partial charge in [0.05, 0.1) is 12.5 Å². The number of aliphatic hydroxyl groups excluding tert-OH is 2. The summed E-state index contributed by atoms with van der Waals surface area (Å²) in [6.07, 6.45) is 1.66. The molecule has 0 amide bonds. The van der Waals surface area contributed by atoms with Crippen LogP contribution in [0.5, 0.6) is 0 Å². The molecule has 0 aromatic carbocycles. The van der Waals surface area contributed by atoms with Crippen molar-refractivity contribution < 1.29 is 19.7 Å². The summed E-state index contributed by atoms with van der Waals surface area (Å²) in [5.41, 5.74) is 5.62. The van der Waals surface area contributed by atoms with E-state index < -0.39 is 24.5 Å². The molecule has 1 spiro atoms. The molecule has 3 aliphatic heterocycles. The molecule has 3 heterocycles. The van der Waals surface area contributed by atoms with Crippen LogP contribution in [-0.4, -0.2) is 52.0 Å². The van der Waals surface area contributed by atoms with Crippen molar-refractivity contribution in [2.24, 2.45) is 22.6 Å². The Labute approximate surface area is 97.1 Å². The van der Waals surface area contributed by atoms with E-state index in [1.165, 1.54) is 0 Å². The molecule has 1 aliphatic carbocycles. The molecule has 7 nitrogen and oxygen atoms in total. The molecule has 7 heteroatoms. The molecule has 0 aromatic heterocycles. The molecule has 1 saturated carbocycles. The van der Waals surface area contributed by atoms with Gasteiger partial charge in [-0.25, -0.2) is 4.99 Å². The summed E-state index contributed by atoms with van der Waals surface area (Å²) in [5, 5.41) is 19.4. The van der Waals surface area contributed by atoms with Gasteiger partial charge >= 0.3 is 0 Å². The van der Waals surface area contributed by atoms with Gasteiger partial charge in [0.2, 0.25) is 6.35 Å². The standard InChI is InChI=1S/C10H13N3O4/c11-5-1-2-13-8-7(15)6-4(3-14)10(6,16-8)17-9(13)12-5/h1-2,4,6-9,14-15H,3H2,(H2,11,12). The minimum Gasteiger partial charge on any atom is -0.396 e. The highest BCUT2D eigenvalue weighted by atomic mass is 16.8. The number of aliphatic hydroxyl groups is 2. The second-order valence-corrected chi connectivity index (χ2v) is 4.80. The third-order valence-electron chi connectivity index (χ3n) is 3.98. The van der Waals surface area contributed by atoms with Crippen LogP contribution in [0.1, 0.15) is 0 Å². The predicted octanol–water partition coefficient (Wildman–Crippen LogP) is -1.86. The maximum absolute atomic E-state index is 10.1. The summed E-state index contributed by atoms with van der Waals surface area (Å²) in [7, 11) is 0. The monoisotopic (exact) mass is 239 g/mol. The lowest BCUT2D eigenvalue weighted by Crippen LogP contribution is -2.54. The van der Waals surface area contributed by atoms with E-state index in [0.717, 1.165) is 0 Å². The highest BCUT2D eigenvalue weighted by molar-refractivity contribution is 5.91. The lowest BCUT2D eigenvalue weighted by atomic mass is 10.1. The number of aliphatic imine (C=N–C) groups is 1. The van der Waals surface area contributed by atoms with Gasteiger partial charge in [-0.3, -0.25) is 0 Å². The van der Waals surface area contributed by atoms with E-state index in [0.29, 0.717) is 5.84 Å². The Kier molecular flexibility index (Phi) is 1.62. The van der Waals surface area contributed by atoms with E-state index in [4.69, 9.17) is 15.2 Å². The smallest absolute Gasteiger partial charge is 0.234 e. The first kappa shape index (κ1) is 9.84. The van der Waals surface area contributed by atoms with E-state index in [-0.39, 0.29) is 18.4 Å². The number of nitrogens with two attached hydrogens (primary N) is 1. The molecular weight excluding hydrogens is 226 g/mol. The third kappa shape index (κ3) is 0.987. The molecular formula is C10H13N3O4. The van der Waals surface area contributed by atoms with Gasteiger partial charge < -0.3 is 30.3 Å². The Bertz CT molecular complexity index is 439. The van der Waals surface area contributed by atoms with Gasteiger partial charge in [-0.2, -0.15) is 0 Å². The fourth-order valence-electron chi connectivity index (χ4n) is 3.12. The van der Waals surface area contributed by atoms with Crippen LogP contribution in [0, 0.1) is 11.8 Å². The van der Waals surface area contributed by atoms with Crippen LogP contribution in [0.4, 0.5) is 0 Å². The molecule has 6 unspecified atom stereocenters. The van der Waals surface area contributed by atoms with Crippen LogP contribution < -0.4 is 5.73 Å². The molecule has 3 fully saturated rings. The Hall–Kier alpha value is -1.15. The zero-order valence-corrected chi connectivity index (χ0v) is 8.93. The van der Waals surface area contributed by atoms with Gasteiger partial charge in [0.25, 0.3) is 0 Å². The van der Waals surface area contributed by atoms with E-state index >= 15 is 0 Å². The number of rotatable bonds is 1. The molecule has 17 heavy (non-hydrogen) atoms. The van der Waals surface area contributed by atoms with Gasteiger partial charge in [-0.05, 0) is 6.08 Å². The Morgan fingerprint density at radius 3 is 3.12 bits per heavy atom. The van der Waals surface area contributed by atoms with Crippen molar-refractivity contribution in [3.63, 3.8) is 0 Å². The van der Waals surface area contributed by atoms with Crippen LogP contribution in [0.3, 0.4) is 0 Å². The summed E-state index contributed by atoms with van der Waals surface area (Å²) < 4.78 is 11.5. The quantitative estimate of drug-likeness (QED) is 0.496. The largest absolute Gasteiger partial charge is 0.396 e. The number of nitrogens with zero attached hydrogens (tertiary/aromatic N) is 2. The fourth-order valence-corrected chi connectivity index (χ4v) is 3.12. The van der Waals surface area contributed by atoms with Crippen molar-refractivity contribution in [2.75, 3.05) is 6.61 Å². The molecule has 4 aliphatic rings. The normalized spacial score (nSPS) is 54.1. The lowest BCUT2D eigenvalue weighted by Gasteiger charge is -2.42. The summed E-state index contributed by atoms with van der Waals surface area (Å²) in [5.74, 6) is -0.822. The van der Waals surface area contributed by atoms with Gasteiger partial charge in [-0.15, -0.1) is 0 Å². The van der Waals surface area contributed by atoms with Crippen molar-refractivity contribution in [2.45, 2.75) is 24.5 Å². The summed E-state index contributed by atoms with van der Waals surface area (Å²) >= 11 is 0. The van der Waals surface area contributed by atoms with Crippen LogP contribution in [0.25, 0.3) is 0 Å². The van der Waals surface area contributed by atoms with E-state index in [9.17, 15) is 10.2 Å². The van der Waals surface area contributed by atoms with Crippen LogP contribution in [0.15, 0.2) is 17.3 Å². The van der Waals surface area contributed by atoms with Crippen molar-refractivity contribution in [1.82, 2.24) is 4.90 Å². The SMILES string of the molecule is NC1=NC2OC34OC(C(O)C3C4CO)N2C=C1. The first-order valence-electron chi connectivity index (χ1n) is 5.61. The minimum absolute atomic E-state index is 0.0593. The first-order valence-corrected chi connectivity index (χ1v) is 5.61. The van der Waals surface area contributed by atoms with Crippen molar-refractivity contribution in [1.29, 1.82) is 0 Å². The number of ether oxygens (including phenoxy) is 2. The number of hydrogen-bond donors (Lipinski definition) is 3. The zero-order valence-electron chi connectivity index (χ0n) is 8.93. The Morgan fingerprint density at radius 2 is 2.35 bits per heavy atom. The molecule has 4 N–H and O–H groups in total. The molecule has 0 radical (unpaired) electrons. The van der Waals surface area contributed by atoms with Crippen LogP contribution in [0.2, 0.25) is 0 Å². The average molecular weight is 239 g/mol. The Morgan fingerprint density at radius 1 is 1.53 bits per heavy atom. The van der Waals surface area contributed by atoms with Gasteiger partial charge in [0, 0.05) is 12.1 Å². The third-order valence-corrected chi connectivity index (χ3v) is 3.98. The lowest BCUT2D eigenvalue weighted by molar-refractivity contribution is -0.320. The number of amidine groups is 1.